The van der Waals surface area contributed by atoms with E-state index in [1.807, 2.05) is 54.5 Å². The molecule has 3 heteroatoms. The zero-order chi connectivity index (χ0) is 14.7. The molecule has 0 spiro atoms. The minimum atomic E-state index is -0.260. The maximum atomic E-state index is 12.1. The van der Waals surface area contributed by atoms with E-state index in [1.54, 1.807) is 0 Å². The molecule has 3 nitrogen and oxygen atoms in total. The first-order valence-electron chi connectivity index (χ1n) is 6.72. The Labute approximate surface area is 115 Å². The van der Waals surface area contributed by atoms with Crippen LogP contribution in [0.15, 0.2) is 6.07 Å². The predicted octanol–water partition coefficient (Wildman–Crippen LogP) is 3.96. The van der Waals surface area contributed by atoms with Crippen molar-refractivity contribution in [1.29, 1.82) is 0 Å². The molecule has 106 valence electrons. The largest absolute Gasteiger partial charge is 0.491 e. The Morgan fingerprint density at radius 1 is 1.00 bits per heavy atom. The standard InChI is InChI=1S/C16H24O3/c1-9(2)18-14-8-11(5)15(13(7)12(14)6)16(17)19-10(3)4/h8-10H,1-7H3. The topological polar surface area (TPSA) is 35.5 Å². The summed E-state index contributed by atoms with van der Waals surface area (Å²) in [6.45, 7) is 13.5. The third-order valence-electron chi connectivity index (χ3n) is 2.96. The summed E-state index contributed by atoms with van der Waals surface area (Å²) in [5.74, 6) is 0.579. The van der Waals surface area contributed by atoms with Crippen LogP contribution in [0.2, 0.25) is 0 Å². The van der Waals surface area contributed by atoms with Crippen LogP contribution in [0.5, 0.6) is 5.75 Å². The molecule has 0 saturated heterocycles. The van der Waals surface area contributed by atoms with E-state index < -0.39 is 0 Å². The summed E-state index contributed by atoms with van der Waals surface area (Å²) in [6, 6.07) is 1.92. The third-order valence-corrected chi connectivity index (χ3v) is 2.96. The highest BCUT2D eigenvalue weighted by Crippen LogP contribution is 2.29. The molecule has 0 heterocycles. The van der Waals surface area contributed by atoms with Gasteiger partial charge in [0, 0.05) is 0 Å². The summed E-state index contributed by atoms with van der Waals surface area (Å²) < 4.78 is 11.1. The fourth-order valence-corrected chi connectivity index (χ4v) is 2.01. The van der Waals surface area contributed by atoms with Crippen LogP contribution in [0.25, 0.3) is 0 Å². The number of carbonyl (C=O) groups is 1. The summed E-state index contributed by atoms with van der Waals surface area (Å²) in [7, 11) is 0. The SMILES string of the molecule is Cc1cc(OC(C)C)c(C)c(C)c1C(=O)OC(C)C. The van der Waals surface area contributed by atoms with Gasteiger partial charge in [0.1, 0.15) is 5.75 Å². The summed E-state index contributed by atoms with van der Waals surface area (Å²) in [6.07, 6.45) is 0.00385. The van der Waals surface area contributed by atoms with Crippen molar-refractivity contribution in [2.45, 2.75) is 60.7 Å². The second-order valence-corrected chi connectivity index (χ2v) is 5.44. The molecule has 19 heavy (non-hydrogen) atoms. The number of benzene rings is 1. The Balaban J connectivity index is 3.22. The van der Waals surface area contributed by atoms with Crippen LogP contribution in [0, 0.1) is 20.8 Å². The lowest BCUT2D eigenvalue weighted by Crippen LogP contribution is -2.16. The number of esters is 1. The van der Waals surface area contributed by atoms with Crippen LogP contribution in [-0.4, -0.2) is 18.2 Å². The Kier molecular flexibility index (Phi) is 4.98. The molecule has 0 aliphatic carbocycles. The average Bonchev–Trinajstić information content (AvgIpc) is 2.23. The Morgan fingerprint density at radius 2 is 1.58 bits per heavy atom. The highest BCUT2D eigenvalue weighted by Gasteiger charge is 2.19. The molecule has 1 aromatic rings. The van der Waals surface area contributed by atoms with Gasteiger partial charge in [-0.2, -0.15) is 0 Å². The van der Waals surface area contributed by atoms with Gasteiger partial charge in [-0.1, -0.05) is 0 Å². The van der Waals surface area contributed by atoms with Crippen molar-refractivity contribution in [3.8, 4) is 5.75 Å². The molecule has 0 radical (unpaired) electrons. The highest BCUT2D eigenvalue weighted by atomic mass is 16.5. The van der Waals surface area contributed by atoms with Crippen molar-refractivity contribution in [2.24, 2.45) is 0 Å². The van der Waals surface area contributed by atoms with E-state index in [2.05, 4.69) is 0 Å². The van der Waals surface area contributed by atoms with E-state index in [0.29, 0.717) is 5.56 Å². The van der Waals surface area contributed by atoms with Crippen LogP contribution in [0.3, 0.4) is 0 Å². The predicted molar refractivity (Wildman–Crippen MR) is 77.0 cm³/mol. The maximum Gasteiger partial charge on any atom is 0.338 e. The van der Waals surface area contributed by atoms with Gasteiger partial charge in [0.15, 0.2) is 0 Å². The number of hydrogen-bond donors (Lipinski definition) is 0. The zero-order valence-corrected chi connectivity index (χ0v) is 13.0. The van der Waals surface area contributed by atoms with E-state index in [-0.39, 0.29) is 18.2 Å². The van der Waals surface area contributed by atoms with E-state index in [9.17, 15) is 4.79 Å². The molecule has 0 aromatic heterocycles. The van der Waals surface area contributed by atoms with Gasteiger partial charge in [-0.25, -0.2) is 4.79 Å². The van der Waals surface area contributed by atoms with Gasteiger partial charge in [-0.3, -0.25) is 0 Å². The smallest absolute Gasteiger partial charge is 0.338 e. The molecule has 0 aliphatic rings. The molecular weight excluding hydrogens is 240 g/mol. The van der Waals surface area contributed by atoms with Gasteiger partial charge in [-0.05, 0) is 71.2 Å². The van der Waals surface area contributed by atoms with Crippen LogP contribution in [0.1, 0.15) is 54.7 Å². The Morgan fingerprint density at radius 3 is 2.05 bits per heavy atom. The minimum Gasteiger partial charge on any atom is -0.491 e. The normalized spacial score (nSPS) is 11.0. The van der Waals surface area contributed by atoms with Crippen molar-refractivity contribution in [3.05, 3.63) is 28.3 Å². The van der Waals surface area contributed by atoms with Crippen molar-refractivity contribution in [2.75, 3.05) is 0 Å². The van der Waals surface area contributed by atoms with E-state index in [1.165, 1.54) is 0 Å². The lowest BCUT2D eigenvalue weighted by atomic mass is 9.97. The van der Waals surface area contributed by atoms with Crippen molar-refractivity contribution in [1.82, 2.24) is 0 Å². The van der Waals surface area contributed by atoms with Crippen LogP contribution < -0.4 is 4.74 Å². The van der Waals surface area contributed by atoms with Gasteiger partial charge < -0.3 is 9.47 Å². The maximum absolute atomic E-state index is 12.1. The lowest BCUT2D eigenvalue weighted by molar-refractivity contribution is 0.0376. The van der Waals surface area contributed by atoms with Gasteiger partial charge in [0.25, 0.3) is 0 Å². The fourth-order valence-electron chi connectivity index (χ4n) is 2.01. The molecule has 0 fully saturated rings. The van der Waals surface area contributed by atoms with Crippen LogP contribution in [0.4, 0.5) is 0 Å². The van der Waals surface area contributed by atoms with Crippen molar-refractivity contribution in [3.63, 3.8) is 0 Å². The van der Waals surface area contributed by atoms with Gasteiger partial charge in [0.05, 0.1) is 17.8 Å². The Bertz CT molecular complexity index is 473. The Hall–Kier alpha value is -1.51. The van der Waals surface area contributed by atoms with E-state index in [4.69, 9.17) is 9.47 Å². The molecule has 0 saturated carbocycles. The fraction of sp³-hybridized carbons (Fsp3) is 0.562. The minimum absolute atomic E-state index is 0.113. The monoisotopic (exact) mass is 264 g/mol. The number of carbonyl (C=O) groups excluding carboxylic acids is 1. The second kappa shape index (κ2) is 6.09. The third kappa shape index (κ3) is 3.72. The summed E-state index contributed by atoms with van der Waals surface area (Å²) in [5.41, 5.74) is 3.48. The van der Waals surface area contributed by atoms with Crippen molar-refractivity contribution >= 4 is 5.97 Å². The van der Waals surface area contributed by atoms with E-state index in [0.717, 1.165) is 22.4 Å². The first kappa shape index (κ1) is 15.5. The molecular formula is C16H24O3. The summed E-state index contributed by atoms with van der Waals surface area (Å²) in [4.78, 5) is 12.1. The van der Waals surface area contributed by atoms with Crippen LogP contribution >= 0.6 is 0 Å². The molecule has 1 aromatic carbocycles. The van der Waals surface area contributed by atoms with Gasteiger partial charge in [0.2, 0.25) is 0 Å². The first-order chi connectivity index (χ1) is 8.73. The number of ether oxygens (including phenoxy) is 2. The number of hydrogen-bond acceptors (Lipinski definition) is 3. The lowest BCUT2D eigenvalue weighted by Gasteiger charge is -2.19. The number of rotatable bonds is 4. The highest BCUT2D eigenvalue weighted by molar-refractivity contribution is 5.93. The first-order valence-corrected chi connectivity index (χ1v) is 6.72. The molecule has 0 unspecified atom stereocenters. The van der Waals surface area contributed by atoms with Gasteiger partial charge in [-0.15, -0.1) is 0 Å². The molecule has 0 aliphatic heterocycles. The zero-order valence-electron chi connectivity index (χ0n) is 13.0. The average molecular weight is 264 g/mol. The molecule has 0 amide bonds. The molecule has 0 atom stereocenters. The van der Waals surface area contributed by atoms with Crippen molar-refractivity contribution < 1.29 is 14.3 Å². The summed E-state index contributed by atoms with van der Waals surface area (Å²) >= 11 is 0. The van der Waals surface area contributed by atoms with Crippen LogP contribution in [-0.2, 0) is 4.74 Å². The van der Waals surface area contributed by atoms with Gasteiger partial charge >= 0.3 is 5.97 Å². The second-order valence-electron chi connectivity index (χ2n) is 5.44. The molecule has 1 rings (SSSR count). The quantitative estimate of drug-likeness (QED) is 0.772. The molecule has 0 N–H and O–H groups in total. The van der Waals surface area contributed by atoms with E-state index >= 15 is 0 Å². The molecule has 0 bridgehead atoms. The number of aryl methyl sites for hydroxylation is 1. The summed E-state index contributed by atoms with van der Waals surface area (Å²) in [5, 5.41) is 0.